The second kappa shape index (κ2) is 14.7. The molecular formula is C39H49N3O5. The molecule has 47 heavy (non-hydrogen) atoms. The van der Waals surface area contributed by atoms with E-state index < -0.39 is 6.29 Å². The summed E-state index contributed by atoms with van der Waals surface area (Å²) in [5.41, 5.74) is 3.62. The lowest BCUT2D eigenvalue weighted by atomic mass is 9.75. The zero-order valence-corrected chi connectivity index (χ0v) is 27.9. The molecule has 2 heterocycles. The van der Waals surface area contributed by atoms with Crippen molar-refractivity contribution in [2.45, 2.75) is 108 Å². The number of fused-ring (bicyclic) bond motifs is 1. The van der Waals surface area contributed by atoms with Gasteiger partial charge >= 0.3 is 0 Å². The number of anilines is 1. The number of ether oxygens (including phenoxy) is 2. The van der Waals surface area contributed by atoms with Gasteiger partial charge in [-0.1, -0.05) is 67.4 Å². The minimum Gasteiger partial charge on any atom is -0.392 e. The number of likely N-dealkylation sites (tertiary alicyclic amines) is 1. The lowest BCUT2D eigenvalue weighted by Crippen LogP contribution is -2.61. The van der Waals surface area contributed by atoms with Gasteiger partial charge in [-0.05, 0) is 87.8 Å². The molecule has 8 nitrogen and oxygen atoms in total. The third kappa shape index (κ3) is 8.30. The van der Waals surface area contributed by atoms with Gasteiger partial charge in [0.25, 0.3) is 5.91 Å². The summed E-state index contributed by atoms with van der Waals surface area (Å²) < 4.78 is 13.4. The van der Waals surface area contributed by atoms with Crippen LogP contribution >= 0.6 is 0 Å². The minimum absolute atomic E-state index is 0.0167. The normalized spacial score (nSPS) is 26.6. The van der Waals surface area contributed by atoms with Crippen molar-refractivity contribution in [3.8, 4) is 0 Å². The molecule has 0 aromatic heterocycles. The number of hydrogen-bond donors (Lipinski definition) is 3. The average Bonchev–Trinajstić information content (AvgIpc) is 3.08. The Morgan fingerprint density at radius 2 is 1.64 bits per heavy atom. The Morgan fingerprint density at radius 3 is 2.38 bits per heavy atom. The monoisotopic (exact) mass is 639 g/mol. The van der Waals surface area contributed by atoms with Crippen LogP contribution in [0.25, 0.3) is 0 Å². The highest BCUT2D eigenvalue weighted by molar-refractivity contribution is 6.04. The third-order valence-electron chi connectivity index (χ3n) is 9.79. The number of aliphatic hydroxyl groups excluding tert-OH is 1. The van der Waals surface area contributed by atoms with Crippen molar-refractivity contribution in [3.63, 3.8) is 0 Å². The zero-order valence-electron chi connectivity index (χ0n) is 27.9. The fourth-order valence-electron chi connectivity index (χ4n) is 7.55. The number of hydrogen-bond acceptors (Lipinski definition) is 6. The van der Waals surface area contributed by atoms with Crippen molar-refractivity contribution in [1.82, 2.24) is 10.2 Å². The van der Waals surface area contributed by atoms with Gasteiger partial charge in [0, 0.05) is 41.4 Å². The largest absolute Gasteiger partial charge is 0.392 e. The molecule has 3 aliphatic rings. The van der Waals surface area contributed by atoms with E-state index >= 15 is 0 Å². The van der Waals surface area contributed by atoms with E-state index in [1.807, 2.05) is 87.5 Å². The molecule has 0 bridgehead atoms. The number of rotatable bonds is 8. The molecule has 2 saturated heterocycles. The van der Waals surface area contributed by atoms with E-state index in [1.165, 1.54) is 19.3 Å². The van der Waals surface area contributed by atoms with Gasteiger partial charge in [-0.15, -0.1) is 0 Å². The zero-order chi connectivity index (χ0) is 33.0. The highest BCUT2D eigenvalue weighted by Crippen LogP contribution is 2.42. The lowest BCUT2D eigenvalue weighted by Gasteiger charge is -2.50. The van der Waals surface area contributed by atoms with Gasteiger partial charge in [0.2, 0.25) is 5.91 Å². The van der Waals surface area contributed by atoms with E-state index in [1.54, 1.807) is 12.1 Å². The van der Waals surface area contributed by atoms with Crippen molar-refractivity contribution in [2.75, 3.05) is 11.9 Å². The van der Waals surface area contributed by atoms with Crippen LogP contribution in [0.3, 0.4) is 0 Å². The molecule has 0 spiro atoms. The van der Waals surface area contributed by atoms with Gasteiger partial charge in [0.15, 0.2) is 6.29 Å². The van der Waals surface area contributed by atoms with Crippen LogP contribution in [0.15, 0.2) is 78.9 Å². The molecule has 0 unspecified atom stereocenters. The van der Waals surface area contributed by atoms with Gasteiger partial charge in [-0.3, -0.25) is 14.5 Å². The van der Waals surface area contributed by atoms with Gasteiger partial charge < -0.3 is 25.2 Å². The first kappa shape index (κ1) is 33.3. The SMILES string of the molecule is CC(C)(C)NC(=O)[C@H]1CC[C@H]2CCCC[C@H]2N1C[C@@H]1C[C@H](c2ccc(CO)cc2)O[C@H](c2cccc(NC(=O)c3ccccc3)c2)O1. The fraction of sp³-hybridized carbons (Fsp3) is 0.487. The van der Waals surface area contributed by atoms with E-state index in [9.17, 15) is 14.7 Å². The Hall–Kier alpha value is -3.56. The van der Waals surface area contributed by atoms with Crippen LogP contribution in [-0.4, -0.2) is 52.1 Å². The summed E-state index contributed by atoms with van der Waals surface area (Å²) in [5, 5.41) is 15.9. The molecule has 2 amide bonds. The third-order valence-corrected chi connectivity index (χ3v) is 9.79. The number of aliphatic hydroxyl groups is 1. The first-order valence-corrected chi connectivity index (χ1v) is 17.2. The predicted molar refractivity (Wildman–Crippen MR) is 183 cm³/mol. The Balaban J connectivity index is 1.27. The summed E-state index contributed by atoms with van der Waals surface area (Å²) in [6.07, 6.45) is 6.23. The summed E-state index contributed by atoms with van der Waals surface area (Å²) in [6.45, 7) is 6.74. The molecule has 8 heteroatoms. The standard InChI is InChI=1S/C39H49N3O5/c1-39(2,3)41-37(45)34-21-20-27-10-7-8-15-33(27)42(34)24-32-23-35(28-18-16-26(25-43)17-19-28)47-38(46-32)30-13-9-14-31(22-30)40-36(44)29-11-5-4-6-12-29/h4-6,9,11-14,16-19,22,27,32-35,38,43H,7-8,10,15,20-21,23-25H2,1-3H3,(H,40,44)(H,41,45)/t27-,32+,33-,34-,35-,38-/m1/s1. The Bertz CT molecular complexity index is 1500. The lowest BCUT2D eigenvalue weighted by molar-refractivity contribution is -0.255. The molecule has 0 radical (unpaired) electrons. The molecule has 1 saturated carbocycles. The fourth-order valence-corrected chi connectivity index (χ4v) is 7.55. The summed E-state index contributed by atoms with van der Waals surface area (Å²) in [5.74, 6) is 0.521. The van der Waals surface area contributed by atoms with E-state index in [0.717, 1.165) is 36.0 Å². The van der Waals surface area contributed by atoms with Crippen LogP contribution in [0.1, 0.15) is 105 Å². The summed E-state index contributed by atoms with van der Waals surface area (Å²) in [4.78, 5) is 29.1. The molecule has 6 rings (SSSR count). The number of amides is 2. The van der Waals surface area contributed by atoms with Crippen LogP contribution < -0.4 is 10.6 Å². The highest BCUT2D eigenvalue weighted by atomic mass is 16.7. The molecule has 6 atom stereocenters. The predicted octanol–water partition coefficient (Wildman–Crippen LogP) is 6.91. The van der Waals surface area contributed by atoms with Crippen molar-refractivity contribution in [3.05, 3.63) is 101 Å². The minimum atomic E-state index is -0.668. The Kier molecular flexibility index (Phi) is 10.4. The summed E-state index contributed by atoms with van der Waals surface area (Å²) >= 11 is 0. The number of carbonyl (C=O) groups excluding carboxylic acids is 2. The van der Waals surface area contributed by atoms with Crippen LogP contribution in [0.2, 0.25) is 0 Å². The number of nitrogens with zero attached hydrogens (tertiary/aromatic N) is 1. The van der Waals surface area contributed by atoms with Crippen molar-refractivity contribution < 1.29 is 24.2 Å². The van der Waals surface area contributed by atoms with Gasteiger partial charge in [-0.2, -0.15) is 0 Å². The quantitative estimate of drug-likeness (QED) is 0.248. The first-order valence-electron chi connectivity index (χ1n) is 17.2. The molecule has 3 aromatic carbocycles. The van der Waals surface area contributed by atoms with E-state index in [-0.39, 0.29) is 42.2 Å². The Morgan fingerprint density at radius 1 is 0.872 bits per heavy atom. The molecule has 3 fully saturated rings. The average molecular weight is 640 g/mol. The molecule has 250 valence electrons. The van der Waals surface area contributed by atoms with Crippen molar-refractivity contribution >= 4 is 17.5 Å². The van der Waals surface area contributed by atoms with E-state index in [4.69, 9.17) is 9.47 Å². The van der Waals surface area contributed by atoms with E-state index in [0.29, 0.717) is 36.2 Å². The topological polar surface area (TPSA) is 100 Å². The number of benzene rings is 3. The summed E-state index contributed by atoms with van der Waals surface area (Å²) in [6, 6.07) is 24.9. The maximum absolute atomic E-state index is 13.7. The highest BCUT2D eigenvalue weighted by Gasteiger charge is 2.44. The van der Waals surface area contributed by atoms with Crippen LogP contribution in [0, 0.1) is 5.92 Å². The second-order valence-corrected chi connectivity index (χ2v) is 14.4. The van der Waals surface area contributed by atoms with Gasteiger partial charge in [-0.25, -0.2) is 0 Å². The van der Waals surface area contributed by atoms with Gasteiger partial charge in [0.05, 0.1) is 24.9 Å². The second-order valence-electron chi connectivity index (χ2n) is 14.4. The number of carbonyl (C=O) groups is 2. The maximum Gasteiger partial charge on any atom is 0.255 e. The maximum atomic E-state index is 13.7. The van der Waals surface area contributed by atoms with Crippen molar-refractivity contribution in [1.29, 1.82) is 0 Å². The van der Waals surface area contributed by atoms with E-state index in [2.05, 4.69) is 15.5 Å². The number of piperidine rings is 1. The molecule has 3 aromatic rings. The Labute approximate surface area is 278 Å². The molecule has 3 N–H and O–H groups in total. The molecule has 2 aliphatic heterocycles. The van der Waals surface area contributed by atoms with Crippen LogP contribution in [0.5, 0.6) is 0 Å². The smallest absolute Gasteiger partial charge is 0.255 e. The molecular weight excluding hydrogens is 590 g/mol. The van der Waals surface area contributed by atoms with Crippen molar-refractivity contribution in [2.24, 2.45) is 5.92 Å². The first-order chi connectivity index (χ1) is 22.7. The van der Waals surface area contributed by atoms with Crippen LogP contribution in [-0.2, 0) is 20.9 Å². The van der Waals surface area contributed by atoms with Gasteiger partial charge in [0.1, 0.15) is 0 Å². The number of nitrogens with one attached hydrogen (secondary N) is 2. The van der Waals surface area contributed by atoms with Crippen LogP contribution in [0.4, 0.5) is 5.69 Å². The summed E-state index contributed by atoms with van der Waals surface area (Å²) in [7, 11) is 0. The molecule has 1 aliphatic carbocycles.